The van der Waals surface area contributed by atoms with Crippen molar-refractivity contribution in [3.05, 3.63) is 45.5 Å². The van der Waals surface area contributed by atoms with Gasteiger partial charge >= 0.3 is 11.9 Å². The van der Waals surface area contributed by atoms with Gasteiger partial charge in [-0.2, -0.15) is 0 Å². The highest BCUT2D eigenvalue weighted by Gasteiger charge is 2.41. The summed E-state index contributed by atoms with van der Waals surface area (Å²) in [6, 6.07) is 1.57. The maximum Gasteiger partial charge on any atom is 0.345 e. The summed E-state index contributed by atoms with van der Waals surface area (Å²) in [5, 5.41) is 21.3. The van der Waals surface area contributed by atoms with Crippen LogP contribution >= 0.6 is 0 Å². The zero-order chi connectivity index (χ0) is 25.3. The van der Waals surface area contributed by atoms with Gasteiger partial charge in [0.2, 0.25) is 6.29 Å². The van der Waals surface area contributed by atoms with E-state index in [-0.39, 0.29) is 50.8 Å². The van der Waals surface area contributed by atoms with Crippen molar-refractivity contribution in [3.8, 4) is 28.7 Å². The molecule has 10 nitrogen and oxygen atoms in total. The normalized spacial score (nSPS) is 14.6. The third-order valence-electron chi connectivity index (χ3n) is 5.32. The molecule has 1 heterocycles. The van der Waals surface area contributed by atoms with Crippen molar-refractivity contribution in [2.75, 3.05) is 21.3 Å². The molecular formula is C24H24O10. The van der Waals surface area contributed by atoms with Gasteiger partial charge in [0.1, 0.15) is 22.6 Å². The average molecular weight is 472 g/mol. The van der Waals surface area contributed by atoms with Gasteiger partial charge in [-0.05, 0) is 44.6 Å². The van der Waals surface area contributed by atoms with E-state index < -0.39 is 29.7 Å². The Labute approximate surface area is 195 Å². The minimum absolute atomic E-state index is 0.00964. The standard InChI is InChI=1S/C24H24O10/c1-10-9-14(30-4)13(8-7-11(2)25)20(15(10)22(28)31-5)33-21-17-16(18(26)12(3)19(21)27)23(29)34-24(17)32-6/h7-9,24,26-27H,1-6H3. The topological polar surface area (TPSA) is 138 Å². The molecular weight excluding hydrogens is 448 g/mol. The number of cyclic esters (lactones) is 1. The fourth-order valence-corrected chi connectivity index (χ4v) is 3.62. The van der Waals surface area contributed by atoms with E-state index in [9.17, 15) is 24.6 Å². The number of benzene rings is 2. The summed E-state index contributed by atoms with van der Waals surface area (Å²) in [7, 11) is 3.85. The number of carbonyl (C=O) groups excluding carboxylic acids is 3. The number of esters is 2. The molecule has 0 fully saturated rings. The summed E-state index contributed by atoms with van der Waals surface area (Å²) in [5.41, 5.74) is 0.248. The van der Waals surface area contributed by atoms with E-state index in [1.165, 1.54) is 47.3 Å². The summed E-state index contributed by atoms with van der Waals surface area (Å²) in [4.78, 5) is 36.7. The number of aromatic hydroxyl groups is 2. The van der Waals surface area contributed by atoms with E-state index in [0.717, 1.165) is 0 Å². The van der Waals surface area contributed by atoms with Crippen LogP contribution in [0.3, 0.4) is 0 Å². The van der Waals surface area contributed by atoms with Crippen molar-refractivity contribution in [1.29, 1.82) is 0 Å². The van der Waals surface area contributed by atoms with Crippen LogP contribution in [0.4, 0.5) is 0 Å². The van der Waals surface area contributed by atoms with Gasteiger partial charge in [0.15, 0.2) is 23.0 Å². The fourth-order valence-electron chi connectivity index (χ4n) is 3.62. The molecule has 1 aliphatic heterocycles. The fraction of sp³-hybridized carbons (Fsp3) is 0.292. The molecule has 0 bridgehead atoms. The number of ketones is 1. The van der Waals surface area contributed by atoms with Crippen molar-refractivity contribution in [1.82, 2.24) is 0 Å². The molecule has 0 saturated carbocycles. The maximum atomic E-state index is 12.7. The number of phenols is 2. The van der Waals surface area contributed by atoms with Gasteiger partial charge in [-0.1, -0.05) is 0 Å². The number of hydrogen-bond donors (Lipinski definition) is 2. The molecule has 0 aliphatic carbocycles. The van der Waals surface area contributed by atoms with Gasteiger partial charge in [0, 0.05) is 12.7 Å². The van der Waals surface area contributed by atoms with E-state index >= 15 is 0 Å². The monoisotopic (exact) mass is 472 g/mol. The summed E-state index contributed by atoms with van der Waals surface area (Å²) < 4.78 is 26.8. The molecule has 0 saturated heterocycles. The van der Waals surface area contributed by atoms with Crippen molar-refractivity contribution >= 4 is 23.8 Å². The van der Waals surface area contributed by atoms with E-state index in [1.54, 1.807) is 13.0 Å². The Hall–Kier alpha value is -4.05. The molecule has 10 heteroatoms. The molecule has 180 valence electrons. The van der Waals surface area contributed by atoms with Gasteiger partial charge in [-0.25, -0.2) is 9.59 Å². The summed E-state index contributed by atoms with van der Waals surface area (Å²) in [5.74, 6) is -3.04. The molecule has 2 N–H and O–H groups in total. The lowest BCUT2D eigenvalue weighted by Crippen LogP contribution is -2.10. The minimum Gasteiger partial charge on any atom is -0.507 e. The van der Waals surface area contributed by atoms with E-state index in [1.807, 2.05) is 0 Å². The number of ether oxygens (including phenoxy) is 5. The van der Waals surface area contributed by atoms with Crippen LogP contribution in [-0.2, 0) is 19.0 Å². The van der Waals surface area contributed by atoms with Gasteiger partial charge < -0.3 is 33.9 Å². The molecule has 2 aromatic rings. The van der Waals surface area contributed by atoms with E-state index in [0.29, 0.717) is 5.56 Å². The minimum atomic E-state index is -1.29. The number of hydrogen-bond acceptors (Lipinski definition) is 10. The molecule has 0 aromatic heterocycles. The number of phenolic OH excluding ortho intramolecular Hbond substituents is 2. The first-order valence-corrected chi connectivity index (χ1v) is 10.1. The quantitative estimate of drug-likeness (QED) is 0.453. The second-order valence-electron chi connectivity index (χ2n) is 7.46. The van der Waals surface area contributed by atoms with Crippen LogP contribution in [0.15, 0.2) is 12.1 Å². The summed E-state index contributed by atoms with van der Waals surface area (Å²) >= 11 is 0. The molecule has 0 radical (unpaired) electrons. The zero-order valence-corrected chi connectivity index (χ0v) is 19.5. The second-order valence-corrected chi connectivity index (χ2v) is 7.46. The molecule has 0 spiro atoms. The van der Waals surface area contributed by atoms with Crippen molar-refractivity contribution < 1.29 is 48.3 Å². The number of allylic oxidation sites excluding steroid dienone is 1. The third-order valence-corrected chi connectivity index (χ3v) is 5.32. The van der Waals surface area contributed by atoms with Gasteiger partial charge in [-0.15, -0.1) is 0 Å². The van der Waals surface area contributed by atoms with Crippen molar-refractivity contribution in [2.45, 2.75) is 27.1 Å². The Morgan fingerprint density at radius 2 is 1.76 bits per heavy atom. The van der Waals surface area contributed by atoms with E-state index in [2.05, 4.69) is 0 Å². The SMILES string of the molecule is COC(=O)c1c(C)cc(OC)c(C=CC(C)=O)c1Oc1c(O)c(C)c(O)c2c1C(OC)OC2=O. The first-order chi connectivity index (χ1) is 16.1. The molecule has 2 aromatic carbocycles. The Kier molecular flexibility index (Phi) is 6.83. The summed E-state index contributed by atoms with van der Waals surface area (Å²) in [6.45, 7) is 4.34. The molecule has 1 aliphatic rings. The Balaban J connectivity index is 2.41. The van der Waals surface area contributed by atoms with Gasteiger partial charge in [0.25, 0.3) is 0 Å². The number of methoxy groups -OCH3 is 3. The predicted molar refractivity (Wildman–Crippen MR) is 119 cm³/mol. The first-order valence-electron chi connectivity index (χ1n) is 10.1. The Morgan fingerprint density at radius 3 is 2.32 bits per heavy atom. The number of fused-ring (bicyclic) bond motifs is 1. The van der Waals surface area contributed by atoms with Crippen LogP contribution in [0.25, 0.3) is 6.08 Å². The summed E-state index contributed by atoms with van der Waals surface area (Å²) in [6.07, 6.45) is 1.35. The van der Waals surface area contributed by atoms with Gasteiger partial charge in [0.05, 0.1) is 25.3 Å². The van der Waals surface area contributed by atoms with Crippen LogP contribution < -0.4 is 9.47 Å². The third kappa shape index (κ3) is 4.03. The Bertz CT molecular complexity index is 1230. The Morgan fingerprint density at radius 1 is 1.09 bits per heavy atom. The van der Waals surface area contributed by atoms with Crippen molar-refractivity contribution in [3.63, 3.8) is 0 Å². The smallest absolute Gasteiger partial charge is 0.345 e. The zero-order valence-electron chi connectivity index (χ0n) is 19.5. The van der Waals surface area contributed by atoms with Crippen LogP contribution in [0.1, 0.15) is 56.2 Å². The number of carbonyl (C=O) groups is 3. The lowest BCUT2D eigenvalue weighted by molar-refractivity contribution is -0.112. The molecule has 1 unspecified atom stereocenters. The van der Waals surface area contributed by atoms with Crippen LogP contribution in [0.2, 0.25) is 0 Å². The highest BCUT2D eigenvalue weighted by atomic mass is 16.7. The van der Waals surface area contributed by atoms with Crippen molar-refractivity contribution in [2.24, 2.45) is 0 Å². The predicted octanol–water partition coefficient (Wildman–Crippen LogP) is 3.72. The number of rotatable bonds is 7. The molecule has 0 amide bonds. The lowest BCUT2D eigenvalue weighted by Gasteiger charge is -2.21. The second kappa shape index (κ2) is 9.44. The molecule has 3 rings (SSSR count). The highest BCUT2D eigenvalue weighted by molar-refractivity contribution is 6.00. The highest BCUT2D eigenvalue weighted by Crippen LogP contribution is 2.52. The molecule has 1 atom stereocenters. The van der Waals surface area contributed by atoms with Crippen LogP contribution in [-0.4, -0.2) is 49.3 Å². The lowest BCUT2D eigenvalue weighted by atomic mass is 9.99. The van der Waals surface area contributed by atoms with Crippen LogP contribution in [0.5, 0.6) is 28.7 Å². The largest absolute Gasteiger partial charge is 0.507 e. The van der Waals surface area contributed by atoms with E-state index in [4.69, 9.17) is 23.7 Å². The van der Waals surface area contributed by atoms with Gasteiger partial charge in [-0.3, -0.25) is 4.79 Å². The maximum absolute atomic E-state index is 12.7. The first kappa shape index (κ1) is 24.6. The number of aryl methyl sites for hydroxylation is 1. The average Bonchev–Trinajstić information content (AvgIpc) is 3.14. The van der Waals surface area contributed by atoms with Crippen LogP contribution in [0, 0.1) is 13.8 Å². The molecule has 34 heavy (non-hydrogen) atoms.